The average molecular weight is 251 g/mol. The van der Waals surface area contributed by atoms with Gasteiger partial charge in [0.15, 0.2) is 0 Å². The van der Waals surface area contributed by atoms with Crippen molar-refractivity contribution in [2.45, 2.75) is 38.4 Å². The molecular weight excluding hydrogens is 226 g/mol. The van der Waals surface area contributed by atoms with E-state index in [9.17, 15) is 9.59 Å². The summed E-state index contributed by atoms with van der Waals surface area (Å²) in [5, 5.41) is 0. The molecule has 2 rings (SSSR count). The summed E-state index contributed by atoms with van der Waals surface area (Å²) >= 11 is 0. The molecule has 0 atom stereocenters. The lowest BCUT2D eigenvalue weighted by Crippen LogP contribution is -2.40. The molecular formula is C15H19NO2. The smallest absolute Gasteiger partial charge is 0.229 e. The number of rotatable bonds is 4. The number of benzene rings is 1. The molecule has 0 bridgehead atoms. The van der Waals surface area contributed by atoms with Crippen LogP contribution in [0.2, 0.25) is 0 Å². The summed E-state index contributed by atoms with van der Waals surface area (Å²) in [4.78, 5) is 25.0. The lowest BCUT2D eigenvalue weighted by molar-refractivity contribution is -0.146. The third-order valence-corrected chi connectivity index (χ3v) is 2.72. The molecule has 18 heavy (non-hydrogen) atoms. The molecule has 1 heterocycles. The van der Waals surface area contributed by atoms with Crippen LogP contribution >= 0.6 is 0 Å². The summed E-state index contributed by atoms with van der Waals surface area (Å²) < 4.78 is 48.2. The van der Waals surface area contributed by atoms with E-state index >= 15 is 0 Å². The van der Waals surface area contributed by atoms with Gasteiger partial charge in [-0.05, 0) is 31.2 Å². The second-order valence-electron chi connectivity index (χ2n) is 4.05. The fraction of sp³-hybridized carbons (Fsp3) is 0.467. The zero-order valence-corrected chi connectivity index (χ0v) is 9.98. The van der Waals surface area contributed by atoms with Gasteiger partial charge in [0.2, 0.25) is 11.8 Å². The maximum absolute atomic E-state index is 12.5. The van der Waals surface area contributed by atoms with Crippen molar-refractivity contribution in [1.29, 1.82) is 0 Å². The minimum absolute atomic E-state index is 0.0294. The van der Waals surface area contributed by atoms with Crippen LogP contribution in [0.3, 0.4) is 0 Å². The number of hydrogen-bond acceptors (Lipinski definition) is 2. The third kappa shape index (κ3) is 3.42. The van der Waals surface area contributed by atoms with Gasteiger partial charge in [0, 0.05) is 27.6 Å². The number of hydrogen-bond donors (Lipinski definition) is 0. The van der Waals surface area contributed by atoms with E-state index in [0.717, 1.165) is 0 Å². The van der Waals surface area contributed by atoms with E-state index in [0.29, 0.717) is 17.7 Å². The number of carbonyl (C=O) groups is 2. The van der Waals surface area contributed by atoms with Crippen LogP contribution in [0.4, 0.5) is 0 Å². The van der Waals surface area contributed by atoms with Gasteiger partial charge in [0.25, 0.3) is 0 Å². The SMILES string of the molecule is [2H]C([2H])(C(=O)N1CCCCC1=O)C([2H])([2H])C([2H])([2H])c1ccccc1. The molecule has 1 aromatic carbocycles. The maximum Gasteiger partial charge on any atom is 0.229 e. The Morgan fingerprint density at radius 3 is 2.78 bits per heavy atom. The van der Waals surface area contributed by atoms with Crippen LogP contribution in [-0.4, -0.2) is 23.3 Å². The first-order chi connectivity index (χ1) is 11.0. The maximum atomic E-state index is 12.5. The molecule has 1 aliphatic heterocycles. The number of amides is 2. The van der Waals surface area contributed by atoms with Crippen LogP contribution in [0.15, 0.2) is 30.3 Å². The van der Waals surface area contributed by atoms with Crippen LogP contribution in [0.25, 0.3) is 0 Å². The fourth-order valence-electron chi connectivity index (χ4n) is 1.77. The first kappa shape index (κ1) is 7.07. The molecule has 3 heteroatoms. The largest absolute Gasteiger partial charge is 0.283 e. The van der Waals surface area contributed by atoms with E-state index in [1.165, 1.54) is 24.3 Å². The van der Waals surface area contributed by atoms with Crippen molar-refractivity contribution in [1.82, 2.24) is 4.90 Å². The summed E-state index contributed by atoms with van der Waals surface area (Å²) in [6, 6.07) is 7.32. The Balaban J connectivity index is 2.38. The number of carbonyl (C=O) groups excluding carboxylic acids is 2. The molecule has 1 aliphatic rings. The Bertz CT molecular complexity index is 632. The summed E-state index contributed by atoms with van der Waals surface area (Å²) in [5.41, 5.74) is -0.0726. The monoisotopic (exact) mass is 251 g/mol. The Hall–Kier alpha value is -1.64. The highest BCUT2D eigenvalue weighted by Crippen LogP contribution is 2.13. The molecule has 0 unspecified atom stereocenters. The van der Waals surface area contributed by atoms with E-state index < -0.39 is 30.9 Å². The quantitative estimate of drug-likeness (QED) is 0.824. The Kier molecular flexibility index (Phi) is 2.49. The minimum atomic E-state index is -3.20. The zero-order valence-electron chi connectivity index (χ0n) is 16.0. The molecule has 0 aromatic heterocycles. The van der Waals surface area contributed by atoms with Crippen LogP contribution in [0.5, 0.6) is 0 Å². The van der Waals surface area contributed by atoms with Gasteiger partial charge in [-0.15, -0.1) is 0 Å². The van der Waals surface area contributed by atoms with Crippen LogP contribution in [0.1, 0.15) is 45.8 Å². The first-order valence-electron chi connectivity index (χ1n) is 8.94. The van der Waals surface area contributed by atoms with Crippen molar-refractivity contribution in [2.24, 2.45) is 0 Å². The van der Waals surface area contributed by atoms with Crippen molar-refractivity contribution in [3.63, 3.8) is 0 Å². The molecule has 1 aromatic rings. The molecule has 0 N–H and O–H groups in total. The van der Waals surface area contributed by atoms with E-state index in [1.807, 2.05) is 0 Å². The molecule has 1 saturated heterocycles. The predicted octanol–water partition coefficient (Wildman–Crippen LogP) is 2.55. The van der Waals surface area contributed by atoms with Gasteiger partial charge in [-0.3, -0.25) is 14.5 Å². The van der Waals surface area contributed by atoms with Crippen molar-refractivity contribution in [3.8, 4) is 0 Å². The predicted molar refractivity (Wildman–Crippen MR) is 70.0 cm³/mol. The molecule has 0 radical (unpaired) electrons. The average Bonchev–Trinajstić information content (AvgIpc) is 2.55. The molecule has 0 aliphatic carbocycles. The zero-order chi connectivity index (χ0) is 18.2. The van der Waals surface area contributed by atoms with Gasteiger partial charge in [-0.2, -0.15) is 0 Å². The number of aryl methyl sites for hydroxylation is 1. The highest BCUT2D eigenvalue weighted by molar-refractivity contribution is 5.95. The van der Waals surface area contributed by atoms with E-state index in [2.05, 4.69) is 0 Å². The van der Waals surface area contributed by atoms with Gasteiger partial charge in [-0.1, -0.05) is 30.3 Å². The van der Waals surface area contributed by atoms with Gasteiger partial charge < -0.3 is 0 Å². The van der Waals surface area contributed by atoms with Gasteiger partial charge in [0.1, 0.15) is 0 Å². The molecule has 96 valence electrons. The van der Waals surface area contributed by atoms with Gasteiger partial charge >= 0.3 is 0 Å². The van der Waals surface area contributed by atoms with Crippen LogP contribution < -0.4 is 0 Å². The van der Waals surface area contributed by atoms with Gasteiger partial charge in [0.05, 0.1) is 0 Å². The fourth-order valence-corrected chi connectivity index (χ4v) is 1.77. The minimum Gasteiger partial charge on any atom is -0.283 e. The highest BCUT2D eigenvalue weighted by Gasteiger charge is 2.23. The Morgan fingerprint density at radius 2 is 2.06 bits per heavy atom. The van der Waals surface area contributed by atoms with Gasteiger partial charge in [-0.25, -0.2) is 0 Å². The molecule has 0 spiro atoms. The number of likely N-dealkylation sites (tertiary alicyclic amines) is 1. The summed E-state index contributed by atoms with van der Waals surface area (Å²) in [6.45, 7) is 0.0294. The number of piperidine rings is 1. The third-order valence-electron chi connectivity index (χ3n) is 2.72. The van der Waals surface area contributed by atoms with E-state index in [1.54, 1.807) is 6.07 Å². The standard InChI is InChI=1S/C15H19NO2/c17-14-10-4-5-12-16(14)15(18)11-6-9-13-7-2-1-3-8-13/h1-3,7-8H,4-6,9-12H2/i6D2,9D2,11D2. The normalized spacial score (nSPS) is 23.1. The summed E-state index contributed by atoms with van der Waals surface area (Å²) in [5.74, 6) is -1.87. The molecule has 0 saturated carbocycles. The lowest BCUT2D eigenvalue weighted by Gasteiger charge is -2.24. The first-order valence-corrected chi connectivity index (χ1v) is 5.94. The summed E-state index contributed by atoms with van der Waals surface area (Å²) in [6.07, 6.45) is -7.89. The van der Waals surface area contributed by atoms with Crippen molar-refractivity contribution in [3.05, 3.63) is 35.9 Å². The summed E-state index contributed by atoms with van der Waals surface area (Å²) in [7, 11) is 0. The lowest BCUT2D eigenvalue weighted by atomic mass is 10.1. The second kappa shape index (κ2) is 6.34. The molecule has 2 amide bonds. The van der Waals surface area contributed by atoms with Crippen molar-refractivity contribution < 1.29 is 17.8 Å². The molecule has 3 nitrogen and oxygen atoms in total. The number of nitrogens with zero attached hydrogens (tertiary/aromatic N) is 1. The van der Waals surface area contributed by atoms with E-state index in [-0.39, 0.29) is 18.5 Å². The molecule has 1 fully saturated rings. The number of imide groups is 1. The Labute approximate surface area is 116 Å². The second-order valence-corrected chi connectivity index (χ2v) is 4.05. The Morgan fingerprint density at radius 1 is 1.28 bits per heavy atom. The van der Waals surface area contributed by atoms with E-state index in [4.69, 9.17) is 8.22 Å². The van der Waals surface area contributed by atoms with Crippen LogP contribution in [0, 0.1) is 0 Å². The van der Waals surface area contributed by atoms with Crippen molar-refractivity contribution >= 4 is 11.8 Å². The van der Waals surface area contributed by atoms with Crippen molar-refractivity contribution in [2.75, 3.05) is 6.54 Å². The topological polar surface area (TPSA) is 37.4 Å². The highest BCUT2D eigenvalue weighted by atomic mass is 16.2. The van der Waals surface area contributed by atoms with Crippen LogP contribution in [-0.2, 0) is 16.0 Å².